The van der Waals surface area contributed by atoms with Crippen molar-refractivity contribution in [1.82, 2.24) is 9.80 Å². The van der Waals surface area contributed by atoms with Crippen molar-refractivity contribution in [3.8, 4) is 0 Å². The lowest BCUT2D eigenvalue weighted by atomic mass is 10.2. The number of rotatable bonds is 5. The van der Waals surface area contributed by atoms with Gasteiger partial charge >= 0.3 is 7.25 Å². The van der Waals surface area contributed by atoms with Crippen molar-refractivity contribution in [1.29, 1.82) is 0 Å². The van der Waals surface area contributed by atoms with Gasteiger partial charge in [-0.15, -0.1) is 17.0 Å². The number of unbranched alkanes of at least 4 members (excludes halogenated alkanes) is 3. The summed E-state index contributed by atoms with van der Waals surface area (Å²) in [5.74, 6) is 0. The molecule has 0 aromatic rings. The van der Waals surface area contributed by atoms with E-state index < -0.39 is 7.25 Å². The van der Waals surface area contributed by atoms with Gasteiger partial charge < -0.3 is 27.1 Å². The van der Waals surface area contributed by atoms with E-state index in [1.54, 1.807) is 0 Å². The van der Waals surface area contributed by atoms with E-state index in [1.807, 2.05) is 0 Å². The van der Waals surface area contributed by atoms with Crippen LogP contribution in [0, 0.1) is 0 Å². The molecule has 0 bridgehead atoms. The lowest BCUT2D eigenvalue weighted by Crippen LogP contribution is -2.23. The first-order chi connectivity index (χ1) is 7.83. The average molecular weight is 336 g/mol. The highest BCUT2D eigenvalue weighted by molar-refractivity contribution is 8.93. The number of halogens is 5. The second-order valence-electron chi connectivity index (χ2n) is 4.06. The monoisotopic (exact) mass is 335 g/mol. The van der Waals surface area contributed by atoms with Gasteiger partial charge in [0.05, 0.1) is 6.67 Å². The Morgan fingerprint density at radius 2 is 1.61 bits per heavy atom. The minimum Gasteiger partial charge on any atom is -0.418 e. The largest absolute Gasteiger partial charge is 0.673 e. The van der Waals surface area contributed by atoms with Crippen LogP contribution in [0.25, 0.3) is 0 Å². The maximum absolute atomic E-state index is 9.75. The molecule has 0 saturated carbocycles. The van der Waals surface area contributed by atoms with Gasteiger partial charge in [-0.25, -0.2) is 0 Å². The van der Waals surface area contributed by atoms with Crippen molar-refractivity contribution in [2.45, 2.75) is 32.6 Å². The molecule has 0 saturated heterocycles. The van der Waals surface area contributed by atoms with E-state index in [2.05, 4.69) is 36.2 Å². The molecule has 0 amide bonds. The summed E-state index contributed by atoms with van der Waals surface area (Å²) in [6.45, 7) is 4.55. The van der Waals surface area contributed by atoms with Gasteiger partial charge in [-0.3, -0.25) is 0 Å². The zero-order chi connectivity index (χ0) is 13.3. The number of hydrogen-bond acceptors (Lipinski definition) is 2. The van der Waals surface area contributed by atoms with Gasteiger partial charge in [-0.2, -0.15) is 0 Å². The van der Waals surface area contributed by atoms with Gasteiger partial charge in [0.1, 0.15) is 0 Å². The minimum atomic E-state index is -6.00. The zero-order valence-corrected chi connectivity index (χ0v) is 12.5. The van der Waals surface area contributed by atoms with Crippen LogP contribution >= 0.6 is 17.0 Å². The number of nitrogens with zero attached hydrogens (tertiary/aromatic N) is 2. The zero-order valence-electron chi connectivity index (χ0n) is 10.8. The highest BCUT2D eigenvalue weighted by Crippen LogP contribution is 2.07. The smallest absolute Gasteiger partial charge is 0.418 e. The first-order valence-electron chi connectivity index (χ1n) is 5.83. The molecule has 0 atom stereocenters. The molecule has 0 spiro atoms. The summed E-state index contributed by atoms with van der Waals surface area (Å²) in [7, 11) is -3.89. The predicted molar refractivity (Wildman–Crippen MR) is 73.1 cm³/mol. The molecule has 0 radical (unpaired) electrons. The molecule has 18 heavy (non-hydrogen) atoms. The molecule has 1 heterocycles. The molecule has 8 heteroatoms. The van der Waals surface area contributed by atoms with Crippen LogP contribution in [0.3, 0.4) is 0 Å². The Balaban J connectivity index is 0. The first kappa shape index (κ1) is 19.9. The summed E-state index contributed by atoms with van der Waals surface area (Å²) in [6.07, 6.45) is 9.76. The van der Waals surface area contributed by atoms with Crippen molar-refractivity contribution in [3.63, 3.8) is 0 Å². The van der Waals surface area contributed by atoms with Crippen LogP contribution in [0.4, 0.5) is 17.3 Å². The highest BCUT2D eigenvalue weighted by atomic mass is 79.9. The predicted octanol–water partition coefficient (Wildman–Crippen LogP) is 4.12. The fraction of sp³-hybridized carbons (Fsp3) is 0.800. The molecule has 1 rings (SSSR count). The molecular formula is C10H21BBrF4N2-. The summed E-state index contributed by atoms with van der Waals surface area (Å²) < 4.78 is 39.0. The van der Waals surface area contributed by atoms with Crippen molar-refractivity contribution in [2.24, 2.45) is 0 Å². The minimum absolute atomic E-state index is 0. The van der Waals surface area contributed by atoms with Gasteiger partial charge in [-0.05, 0) is 6.42 Å². The summed E-state index contributed by atoms with van der Waals surface area (Å²) in [5.41, 5.74) is 0. The molecule has 0 fully saturated rings. The topological polar surface area (TPSA) is 6.48 Å². The lowest BCUT2D eigenvalue weighted by Gasteiger charge is -2.17. The Kier molecular flexibility index (Phi) is 11.7. The average Bonchev–Trinajstić information content (AvgIpc) is 2.56. The second-order valence-corrected chi connectivity index (χ2v) is 4.06. The second kappa shape index (κ2) is 10.5. The normalized spacial score (nSPS) is 14.1. The molecular weight excluding hydrogens is 315 g/mol. The van der Waals surface area contributed by atoms with Crippen LogP contribution in [-0.2, 0) is 0 Å². The van der Waals surface area contributed by atoms with Gasteiger partial charge in [0, 0.05) is 26.0 Å². The van der Waals surface area contributed by atoms with Crippen molar-refractivity contribution in [3.05, 3.63) is 12.4 Å². The number of hydrogen-bond donors (Lipinski definition) is 0. The molecule has 1 aliphatic heterocycles. The van der Waals surface area contributed by atoms with Crippen LogP contribution in [0.15, 0.2) is 12.4 Å². The van der Waals surface area contributed by atoms with Crippen LogP contribution in [-0.4, -0.2) is 37.3 Å². The van der Waals surface area contributed by atoms with Crippen LogP contribution < -0.4 is 0 Å². The summed E-state index contributed by atoms with van der Waals surface area (Å²) >= 11 is 0. The van der Waals surface area contributed by atoms with Crippen molar-refractivity contribution < 1.29 is 17.3 Å². The van der Waals surface area contributed by atoms with Gasteiger partial charge in [-0.1, -0.05) is 26.2 Å². The molecule has 0 aromatic heterocycles. The summed E-state index contributed by atoms with van der Waals surface area (Å²) in [4.78, 5) is 4.58. The van der Waals surface area contributed by atoms with Crippen molar-refractivity contribution >= 4 is 24.2 Å². The van der Waals surface area contributed by atoms with Crippen molar-refractivity contribution in [2.75, 3.05) is 20.3 Å². The maximum Gasteiger partial charge on any atom is 0.673 e. The molecule has 0 N–H and O–H groups in total. The molecule has 0 unspecified atom stereocenters. The third-order valence-electron chi connectivity index (χ3n) is 2.24. The van der Waals surface area contributed by atoms with E-state index in [0.717, 1.165) is 6.67 Å². The van der Waals surface area contributed by atoms with Crippen LogP contribution in [0.2, 0.25) is 0 Å². The van der Waals surface area contributed by atoms with E-state index in [-0.39, 0.29) is 17.0 Å². The lowest BCUT2D eigenvalue weighted by molar-refractivity contribution is 0.291. The SMILES string of the molecule is Br.CCCCCCN1C=CN(C)C1.F[B-](F)(F)F. The third kappa shape index (κ3) is 15.6. The Morgan fingerprint density at radius 3 is 2.00 bits per heavy atom. The molecule has 0 aliphatic carbocycles. The third-order valence-corrected chi connectivity index (χ3v) is 2.24. The van der Waals surface area contributed by atoms with E-state index >= 15 is 0 Å². The summed E-state index contributed by atoms with van der Waals surface area (Å²) in [5, 5.41) is 0. The fourth-order valence-corrected chi connectivity index (χ4v) is 1.48. The Morgan fingerprint density at radius 1 is 1.06 bits per heavy atom. The fourth-order valence-electron chi connectivity index (χ4n) is 1.48. The Labute approximate surface area is 117 Å². The molecule has 1 aliphatic rings. The van der Waals surface area contributed by atoms with E-state index in [4.69, 9.17) is 0 Å². The maximum atomic E-state index is 9.75. The van der Waals surface area contributed by atoms with Gasteiger partial charge in [0.25, 0.3) is 0 Å². The van der Waals surface area contributed by atoms with Gasteiger partial charge in [0.2, 0.25) is 0 Å². The first-order valence-corrected chi connectivity index (χ1v) is 5.83. The van der Waals surface area contributed by atoms with Gasteiger partial charge in [0.15, 0.2) is 0 Å². The highest BCUT2D eigenvalue weighted by Gasteiger charge is 2.20. The van der Waals surface area contributed by atoms with E-state index in [1.165, 1.54) is 32.2 Å². The Bertz CT molecular complexity index is 220. The molecule has 110 valence electrons. The Hall–Kier alpha value is -0.395. The molecule has 2 nitrogen and oxygen atoms in total. The van der Waals surface area contributed by atoms with E-state index in [0.29, 0.717) is 0 Å². The summed E-state index contributed by atoms with van der Waals surface area (Å²) in [6, 6.07) is 0. The van der Waals surface area contributed by atoms with E-state index in [9.17, 15) is 17.3 Å². The standard InChI is InChI=1S/C10H20N2.BF4.BrH/c1-3-4-5-6-7-12-9-8-11(2)10-12;2-1(3,4)5;/h8-9H,3-7,10H2,1-2H3;;1H/q;-1;. The van der Waals surface area contributed by atoms with Crippen LogP contribution in [0.1, 0.15) is 32.6 Å². The quantitative estimate of drug-likeness (QED) is 0.423. The molecule has 0 aromatic carbocycles. The van der Waals surface area contributed by atoms with Crippen LogP contribution in [0.5, 0.6) is 0 Å².